The van der Waals surface area contributed by atoms with E-state index in [0.717, 1.165) is 22.8 Å². The molecule has 7 heteroatoms. The number of pyridine rings is 2. The highest BCUT2D eigenvalue weighted by Crippen LogP contribution is 2.42. The van der Waals surface area contributed by atoms with Crippen LogP contribution in [0.2, 0.25) is 0 Å². The van der Waals surface area contributed by atoms with Gasteiger partial charge in [-0.15, -0.1) is 0 Å². The van der Waals surface area contributed by atoms with Crippen molar-refractivity contribution < 1.29 is 4.39 Å². The lowest BCUT2D eigenvalue weighted by Crippen LogP contribution is -2.30. The van der Waals surface area contributed by atoms with Crippen molar-refractivity contribution in [2.45, 2.75) is 19.0 Å². The summed E-state index contributed by atoms with van der Waals surface area (Å²) < 4.78 is 16.1. The van der Waals surface area contributed by atoms with Gasteiger partial charge in [0.1, 0.15) is 11.9 Å². The lowest BCUT2D eigenvalue weighted by Gasteiger charge is -2.29. The first-order valence-electron chi connectivity index (χ1n) is 9.98. The Morgan fingerprint density at radius 2 is 1.90 bits per heavy atom. The Hall–Kier alpha value is -3.58. The van der Waals surface area contributed by atoms with E-state index in [9.17, 15) is 4.39 Å². The first-order chi connectivity index (χ1) is 15.1. The molecular formula is C24H20FN5S. The smallest absolute Gasteiger partial charge is 0.174 e. The van der Waals surface area contributed by atoms with Gasteiger partial charge in [0.05, 0.1) is 23.6 Å². The molecule has 0 amide bonds. The summed E-state index contributed by atoms with van der Waals surface area (Å²) in [4.78, 5) is 10.9. The second-order valence-electron chi connectivity index (χ2n) is 7.44. The van der Waals surface area contributed by atoms with E-state index in [-0.39, 0.29) is 17.9 Å². The Kier molecular flexibility index (Phi) is 4.95. The molecule has 1 fully saturated rings. The molecule has 1 saturated heterocycles. The van der Waals surface area contributed by atoms with Gasteiger partial charge in [0, 0.05) is 30.0 Å². The lowest BCUT2D eigenvalue weighted by molar-refractivity contribution is 0.549. The van der Waals surface area contributed by atoms with Gasteiger partial charge in [-0.25, -0.2) is 4.39 Å². The van der Waals surface area contributed by atoms with Crippen molar-refractivity contribution in [3.05, 3.63) is 108 Å². The fourth-order valence-corrected chi connectivity index (χ4v) is 4.42. The first-order valence-corrected chi connectivity index (χ1v) is 10.4. The molecule has 5 nitrogen and oxygen atoms in total. The molecule has 4 heterocycles. The van der Waals surface area contributed by atoms with Crippen LogP contribution in [0.5, 0.6) is 0 Å². The van der Waals surface area contributed by atoms with Crippen molar-refractivity contribution in [2.24, 2.45) is 0 Å². The molecule has 2 atom stereocenters. The van der Waals surface area contributed by atoms with Crippen molar-refractivity contribution in [3.63, 3.8) is 0 Å². The average molecular weight is 430 g/mol. The monoisotopic (exact) mass is 429 g/mol. The standard InChI is InChI=1S/C24H20FN5S/c1-16-14-17(9-10-19(16)25)30-23(22(28-24(30)31)20-7-2-3-12-27-20)21-8-5-13-29(21)18-6-4-11-26-15-18/h2-15,22-23H,1H3,(H,28,31)/t22-,23-/m1/s1. The number of rotatable bonds is 4. The zero-order valence-corrected chi connectivity index (χ0v) is 17.6. The quantitative estimate of drug-likeness (QED) is 0.468. The van der Waals surface area contributed by atoms with E-state index in [4.69, 9.17) is 12.2 Å². The van der Waals surface area contributed by atoms with Crippen LogP contribution in [0.15, 0.2) is 85.5 Å². The molecule has 0 unspecified atom stereocenters. The highest BCUT2D eigenvalue weighted by Gasteiger charge is 2.42. The van der Waals surface area contributed by atoms with Gasteiger partial charge in [0.2, 0.25) is 0 Å². The Morgan fingerprint density at radius 1 is 1.00 bits per heavy atom. The molecule has 0 spiro atoms. The highest BCUT2D eigenvalue weighted by atomic mass is 32.1. The summed E-state index contributed by atoms with van der Waals surface area (Å²) in [5.74, 6) is -0.238. The number of benzene rings is 1. The van der Waals surface area contributed by atoms with Crippen LogP contribution in [0.4, 0.5) is 10.1 Å². The number of anilines is 1. The summed E-state index contributed by atoms with van der Waals surface area (Å²) in [6.45, 7) is 1.76. The third-order valence-electron chi connectivity index (χ3n) is 5.53. The number of hydrogen-bond donors (Lipinski definition) is 1. The van der Waals surface area contributed by atoms with E-state index in [2.05, 4.69) is 25.9 Å². The summed E-state index contributed by atoms with van der Waals surface area (Å²) in [7, 11) is 0. The Balaban J connectivity index is 1.68. The van der Waals surface area contributed by atoms with Crippen LogP contribution in [-0.2, 0) is 0 Å². The zero-order chi connectivity index (χ0) is 21.4. The van der Waals surface area contributed by atoms with Gasteiger partial charge in [0.25, 0.3) is 0 Å². The van der Waals surface area contributed by atoms with Gasteiger partial charge in [-0.2, -0.15) is 0 Å². The van der Waals surface area contributed by atoms with Crippen molar-refractivity contribution in [3.8, 4) is 5.69 Å². The molecule has 154 valence electrons. The molecule has 0 bridgehead atoms. The first kappa shape index (κ1) is 19.4. The van der Waals surface area contributed by atoms with Crippen LogP contribution < -0.4 is 10.2 Å². The summed E-state index contributed by atoms with van der Waals surface area (Å²) >= 11 is 5.76. The van der Waals surface area contributed by atoms with Gasteiger partial charge in [-0.1, -0.05) is 6.07 Å². The molecule has 31 heavy (non-hydrogen) atoms. The molecule has 1 aromatic carbocycles. The third-order valence-corrected chi connectivity index (χ3v) is 5.84. The SMILES string of the molecule is Cc1cc(N2C(=S)N[C@H](c3ccccn3)[C@H]2c2cccn2-c2cccnc2)ccc1F. The van der Waals surface area contributed by atoms with Crippen molar-refractivity contribution >= 4 is 23.0 Å². The molecule has 3 aromatic heterocycles. The van der Waals surface area contributed by atoms with Crippen LogP contribution in [0, 0.1) is 12.7 Å². The molecule has 1 N–H and O–H groups in total. The predicted molar refractivity (Wildman–Crippen MR) is 123 cm³/mol. The minimum absolute atomic E-state index is 0.176. The maximum Gasteiger partial charge on any atom is 0.174 e. The van der Waals surface area contributed by atoms with Gasteiger partial charge < -0.3 is 14.8 Å². The fourth-order valence-electron chi connectivity index (χ4n) is 4.08. The maximum atomic E-state index is 14.0. The second-order valence-corrected chi connectivity index (χ2v) is 7.83. The van der Waals surface area contributed by atoms with Crippen LogP contribution >= 0.6 is 12.2 Å². The van der Waals surface area contributed by atoms with Gasteiger partial charge in [-0.05, 0) is 79.3 Å². The summed E-state index contributed by atoms with van der Waals surface area (Å²) in [6, 6.07) is 18.6. The largest absolute Gasteiger partial charge is 0.351 e. The highest BCUT2D eigenvalue weighted by molar-refractivity contribution is 7.80. The van der Waals surface area contributed by atoms with Crippen LogP contribution in [0.1, 0.15) is 29.0 Å². The number of nitrogens with zero attached hydrogens (tertiary/aromatic N) is 4. The van der Waals surface area contributed by atoms with E-state index >= 15 is 0 Å². The van der Waals surface area contributed by atoms with E-state index < -0.39 is 0 Å². The number of aromatic nitrogens is 3. The third kappa shape index (κ3) is 3.47. The molecule has 4 aromatic rings. The Bertz CT molecular complexity index is 1230. The molecule has 0 saturated carbocycles. The predicted octanol–water partition coefficient (Wildman–Crippen LogP) is 4.89. The fraction of sp³-hybridized carbons (Fsp3) is 0.125. The van der Waals surface area contributed by atoms with E-state index in [1.54, 1.807) is 25.4 Å². The summed E-state index contributed by atoms with van der Waals surface area (Å²) in [5.41, 5.74) is 4.27. The van der Waals surface area contributed by atoms with Gasteiger partial charge in [0.15, 0.2) is 5.11 Å². The topological polar surface area (TPSA) is 46.0 Å². The lowest BCUT2D eigenvalue weighted by atomic mass is 10.0. The molecule has 1 aliphatic heterocycles. The zero-order valence-electron chi connectivity index (χ0n) is 16.8. The van der Waals surface area contributed by atoms with Crippen molar-refractivity contribution in [2.75, 3.05) is 4.90 Å². The number of aryl methyl sites for hydroxylation is 1. The second kappa shape index (κ2) is 7.92. The minimum Gasteiger partial charge on any atom is -0.351 e. The number of thiocarbonyl (C=S) groups is 1. The normalized spacial score (nSPS) is 18.3. The number of hydrogen-bond acceptors (Lipinski definition) is 3. The van der Waals surface area contributed by atoms with Crippen LogP contribution in [-0.4, -0.2) is 19.6 Å². The van der Waals surface area contributed by atoms with Gasteiger partial charge >= 0.3 is 0 Å². The maximum absolute atomic E-state index is 14.0. The number of halogens is 1. The minimum atomic E-state index is -0.238. The van der Waals surface area contributed by atoms with Gasteiger partial charge in [-0.3, -0.25) is 9.97 Å². The van der Waals surface area contributed by atoms with Crippen LogP contribution in [0.25, 0.3) is 5.69 Å². The Morgan fingerprint density at radius 3 is 2.65 bits per heavy atom. The summed E-state index contributed by atoms with van der Waals surface area (Å²) in [6.07, 6.45) is 7.37. The molecule has 0 radical (unpaired) electrons. The van der Waals surface area contributed by atoms with E-state index in [0.29, 0.717) is 10.7 Å². The van der Waals surface area contributed by atoms with Crippen molar-refractivity contribution in [1.82, 2.24) is 19.9 Å². The number of nitrogens with one attached hydrogen (secondary N) is 1. The van der Waals surface area contributed by atoms with E-state index in [1.165, 1.54) is 6.07 Å². The molecular weight excluding hydrogens is 409 g/mol. The van der Waals surface area contributed by atoms with E-state index in [1.807, 2.05) is 59.8 Å². The van der Waals surface area contributed by atoms with Crippen molar-refractivity contribution in [1.29, 1.82) is 0 Å². The summed E-state index contributed by atoms with van der Waals surface area (Å²) in [5, 5.41) is 4.02. The average Bonchev–Trinajstić information content (AvgIpc) is 3.41. The molecule has 5 rings (SSSR count). The van der Waals surface area contributed by atoms with Crippen LogP contribution in [0.3, 0.4) is 0 Å². The Labute approximate surface area is 185 Å². The molecule has 1 aliphatic rings. The molecule has 0 aliphatic carbocycles.